The molecular weight excluding hydrogens is 284 g/mol. The fourth-order valence-corrected chi connectivity index (χ4v) is 2.32. The lowest BCUT2D eigenvalue weighted by Gasteiger charge is -2.11. The first kappa shape index (κ1) is 16.1. The Morgan fingerprint density at radius 3 is 2.71 bits per heavy atom. The summed E-state index contributed by atoms with van der Waals surface area (Å²) in [5.74, 6) is 0.641. The van der Waals surface area contributed by atoms with Crippen molar-refractivity contribution < 1.29 is 4.42 Å². The summed E-state index contributed by atoms with van der Waals surface area (Å²) in [6.07, 6.45) is 6.77. The molecule has 114 valence electrons. The van der Waals surface area contributed by atoms with Gasteiger partial charge in [0.15, 0.2) is 0 Å². The van der Waals surface area contributed by atoms with Crippen LogP contribution >= 0.6 is 11.6 Å². The molecule has 3 nitrogen and oxygen atoms in total. The molecule has 1 aromatic carbocycles. The van der Waals surface area contributed by atoms with Crippen LogP contribution in [0.25, 0.3) is 11.5 Å². The van der Waals surface area contributed by atoms with Crippen LogP contribution in [-0.4, -0.2) is 11.0 Å². The third-order valence-corrected chi connectivity index (χ3v) is 3.77. The van der Waals surface area contributed by atoms with Crippen molar-refractivity contribution in [3.8, 4) is 11.5 Å². The van der Waals surface area contributed by atoms with Crippen LogP contribution < -0.4 is 5.32 Å². The van der Waals surface area contributed by atoms with Crippen LogP contribution in [0.15, 0.2) is 34.9 Å². The van der Waals surface area contributed by atoms with Crippen molar-refractivity contribution in [3.63, 3.8) is 0 Å². The van der Waals surface area contributed by atoms with Crippen LogP contribution in [0.3, 0.4) is 0 Å². The minimum Gasteiger partial charge on any atom is -0.444 e. The highest BCUT2D eigenvalue weighted by Gasteiger charge is 2.08. The average molecular weight is 307 g/mol. The largest absolute Gasteiger partial charge is 0.444 e. The lowest BCUT2D eigenvalue weighted by molar-refractivity contribution is 0.483. The molecule has 0 radical (unpaired) electrons. The SMILES string of the molecule is CCCCC[C@H](C)NCc1coc(-c2ccc(Cl)cc2)n1. The van der Waals surface area contributed by atoms with Crippen molar-refractivity contribution in [2.24, 2.45) is 0 Å². The number of hydrogen-bond donors (Lipinski definition) is 1. The van der Waals surface area contributed by atoms with E-state index < -0.39 is 0 Å². The van der Waals surface area contributed by atoms with E-state index in [4.69, 9.17) is 16.0 Å². The Bertz CT molecular complexity index is 536. The molecule has 0 bridgehead atoms. The van der Waals surface area contributed by atoms with Crippen LogP contribution in [-0.2, 0) is 6.54 Å². The molecule has 2 aromatic rings. The number of aromatic nitrogens is 1. The molecule has 0 amide bonds. The predicted octanol–water partition coefficient (Wildman–Crippen LogP) is 5.05. The van der Waals surface area contributed by atoms with Gasteiger partial charge in [0.05, 0.1) is 5.69 Å². The standard InChI is InChI=1S/C17H23ClN2O/c1-3-4-5-6-13(2)19-11-16-12-21-17(20-16)14-7-9-15(18)10-8-14/h7-10,12-13,19H,3-6,11H2,1-2H3/t13-/m0/s1. The smallest absolute Gasteiger partial charge is 0.226 e. The summed E-state index contributed by atoms with van der Waals surface area (Å²) in [5, 5.41) is 4.20. The van der Waals surface area contributed by atoms with Gasteiger partial charge in [0, 0.05) is 23.2 Å². The number of nitrogens with zero attached hydrogens (tertiary/aromatic N) is 1. The number of nitrogens with one attached hydrogen (secondary N) is 1. The first-order valence-electron chi connectivity index (χ1n) is 7.62. The van der Waals surface area contributed by atoms with E-state index in [1.165, 1.54) is 25.7 Å². The number of hydrogen-bond acceptors (Lipinski definition) is 3. The molecule has 0 saturated carbocycles. The maximum atomic E-state index is 5.88. The van der Waals surface area contributed by atoms with Gasteiger partial charge in [0.1, 0.15) is 6.26 Å². The van der Waals surface area contributed by atoms with Crippen molar-refractivity contribution in [1.82, 2.24) is 10.3 Å². The van der Waals surface area contributed by atoms with E-state index in [0.29, 0.717) is 17.0 Å². The van der Waals surface area contributed by atoms with Gasteiger partial charge >= 0.3 is 0 Å². The highest BCUT2D eigenvalue weighted by Crippen LogP contribution is 2.20. The van der Waals surface area contributed by atoms with Crippen LogP contribution in [0.1, 0.15) is 45.2 Å². The average Bonchev–Trinajstić information content (AvgIpc) is 2.95. The molecule has 1 aromatic heterocycles. The fourth-order valence-electron chi connectivity index (χ4n) is 2.19. The van der Waals surface area contributed by atoms with E-state index in [1.807, 2.05) is 24.3 Å². The molecule has 4 heteroatoms. The van der Waals surface area contributed by atoms with Crippen molar-refractivity contribution in [1.29, 1.82) is 0 Å². The van der Waals surface area contributed by atoms with Gasteiger partial charge in [-0.15, -0.1) is 0 Å². The first-order chi connectivity index (χ1) is 10.2. The second-order valence-electron chi connectivity index (χ2n) is 5.43. The Morgan fingerprint density at radius 2 is 2.00 bits per heavy atom. The molecule has 0 spiro atoms. The highest BCUT2D eigenvalue weighted by atomic mass is 35.5. The van der Waals surface area contributed by atoms with Crippen molar-refractivity contribution in [2.45, 2.75) is 52.1 Å². The van der Waals surface area contributed by atoms with Gasteiger partial charge in [-0.2, -0.15) is 0 Å². The van der Waals surface area contributed by atoms with Crippen LogP contribution in [0.5, 0.6) is 0 Å². The number of benzene rings is 1. The Kier molecular flexibility index (Phi) is 6.27. The Balaban J connectivity index is 1.84. The maximum absolute atomic E-state index is 5.88. The van der Waals surface area contributed by atoms with Gasteiger partial charge < -0.3 is 9.73 Å². The number of rotatable bonds is 8. The number of unbranched alkanes of at least 4 members (excludes halogenated alkanes) is 2. The van der Waals surface area contributed by atoms with E-state index in [0.717, 1.165) is 17.8 Å². The van der Waals surface area contributed by atoms with Crippen LogP contribution in [0.4, 0.5) is 0 Å². The van der Waals surface area contributed by atoms with Crippen molar-refractivity contribution in [3.05, 3.63) is 41.2 Å². The molecular formula is C17H23ClN2O. The molecule has 1 N–H and O–H groups in total. The lowest BCUT2D eigenvalue weighted by atomic mass is 10.1. The summed E-state index contributed by atoms with van der Waals surface area (Å²) in [5.41, 5.74) is 1.88. The maximum Gasteiger partial charge on any atom is 0.226 e. The fraction of sp³-hybridized carbons (Fsp3) is 0.471. The summed E-state index contributed by atoms with van der Waals surface area (Å²) in [4.78, 5) is 4.51. The highest BCUT2D eigenvalue weighted by molar-refractivity contribution is 6.30. The zero-order chi connectivity index (χ0) is 15.1. The van der Waals surface area contributed by atoms with Gasteiger partial charge in [-0.05, 0) is 37.6 Å². The van der Waals surface area contributed by atoms with Gasteiger partial charge in [0.25, 0.3) is 0 Å². The van der Waals surface area contributed by atoms with E-state index in [2.05, 4.69) is 24.1 Å². The Labute approximate surface area is 131 Å². The molecule has 0 fully saturated rings. The Morgan fingerprint density at radius 1 is 1.24 bits per heavy atom. The topological polar surface area (TPSA) is 38.1 Å². The van der Waals surface area contributed by atoms with E-state index in [9.17, 15) is 0 Å². The van der Waals surface area contributed by atoms with Crippen LogP contribution in [0.2, 0.25) is 5.02 Å². The van der Waals surface area contributed by atoms with E-state index in [-0.39, 0.29) is 0 Å². The molecule has 0 saturated heterocycles. The molecule has 21 heavy (non-hydrogen) atoms. The first-order valence-corrected chi connectivity index (χ1v) is 8.00. The van der Waals surface area contributed by atoms with Gasteiger partial charge in [-0.3, -0.25) is 0 Å². The normalized spacial score (nSPS) is 12.5. The summed E-state index contributed by atoms with van der Waals surface area (Å²) >= 11 is 5.88. The number of halogens is 1. The van der Waals surface area contributed by atoms with Crippen LogP contribution in [0, 0.1) is 0 Å². The molecule has 0 unspecified atom stereocenters. The molecule has 1 heterocycles. The monoisotopic (exact) mass is 306 g/mol. The van der Waals surface area contributed by atoms with Gasteiger partial charge in [-0.25, -0.2) is 4.98 Å². The molecule has 2 rings (SSSR count). The molecule has 0 aliphatic heterocycles. The third-order valence-electron chi connectivity index (χ3n) is 3.52. The summed E-state index contributed by atoms with van der Waals surface area (Å²) in [6.45, 7) is 5.19. The Hall–Kier alpha value is -1.32. The van der Waals surface area contributed by atoms with E-state index in [1.54, 1.807) is 6.26 Å². The quantitative estimate of drug-likeness (QED) is 0.693. The molecule has 1 atom stereocenters. The van der Waals surface area contributed by atoms with Gasteiger partial charge in [-0.1, -0.05) is 37.8 Å². The number of oxazole rings is 1. The minimum atomic E-state index is 0.507. The lowest BCUT2D eigenvalue weighted by Crippen LogP contribution is -2.25. The third kappa shape index (κ3) is 5.18. The van der Waals surface area contributed by atoms with E-state index >= 15 is 0 Å². The minimum absolute atomic E-state index is 0.507. The van der Waals surface area contributed by atoms with Crippen molar-refractivity contribution in [2.75, 3.05) is 0 Å². The summed E-state index contributed by atoms with van der Waals surface area (Å²) < 4.78 is 5.53. The van der Waals surface area contributed by atoms with Crippen molar-refractivity contribution >= 4 is 11.6 Å². The summed E-state index contributed by atoms with van der Waals surface area (Å²) in [6, 6.07) is 8.02. The zero-order valence-corrected chi connectivity index (χ0v) is 13.5. The predicted molar refractivity (Wildman–Crippen MR) is 87.4 cm³/mol. The zero-order valence-electron chi connectivity index (χ0n) is 12.7. The second kappa shape index (κ2) is 8.20. The molecule has 0 aliphatic carbocycles. The second-order valence-corrected chi connectivity index (χ2v) is 5.87. The molecule has 0 aliphatic rings. The summed E-state index contributed by atoms with van der Waals surface area (Å²) in [7, 11) is 0. The van der Waals surface area contributed by atoms with Gasteiger partial charge in [0.2, 0.25) is 5.89 Å².